The van der Waals surface area contributed by atoms with Gasteiger partial charge in [0.1, 0.15) is 0 Å². The second-order valence-corrected chi connectivity index (χ2v) is 7.75. The lowest BCUT2D eigenvalue weighted by Crippen LogP contribution is -2.39. The predicted molar refractivity (Wildman–Crippen MR) is 113 cm³/mol. The summed E-state index contributed by atoms with van der Waals surface area (Å²) < 4.78 is 5.82. The third-order valence-corrected chi connectivity index (χ3v) is 4.79. The number of allylic oxidation sites excluding steroid dienone is 3. The quantitative estimate of drug-likeness (QED) is 0.531. The number of aliphatic hydroxyl groups excluding tert-OH is 1. The zero-order valence-electron chi connectivity index (χ0n) is 17.3. The van der Waals surface area contributed by atoms with Crippen molar-refractivity contribution in [2.24, 2.45) is 5.92 Å². The van der Waals surface area contributed by atoms with Gasteiger partial charge in [-0.1, -0.05) is 23.8 Å². The van der Waals surface area contributed by atoms with Crippen LogP contribution >= 0.6 is 0 Å². The van der Waals surface area contributed by atoms with Gasteiger partial charge in [-0.2, -0.15) is 0 Å². The Hall–Kier alpha value is -1.86. The number of ether oxygens (including phenoxy) is 1. The number of hydrogen-bond donors (Lipinski definition) is 2. The first-order valence-corrected chi connectivity index (χ1v) is 9.92. The van der Waals surface area contributed by atoms with Crippen molar-refractivity contribution < 1.29 is 9.84 Å². The Kier molecular flexibility index (Phi) is 9.50. The summed E-state index contributed by atoms with van der Waals surface area (Å²) in [6.45, 7) is 5.28. The van der Waals surface area contributed by atoms with Crippen LogP contribution in [0.25, 0.3) is 0 Å². The summed E-state index contributed by atoms with van der Waals surface area (Å²) in [6, 6.07) is 6.01. The van der Waals surface area contributed by atoms with Gasteiger partial charge < -0.3 is 25.1 Å². The molecule has 1 aliphatic heterocycles. The Balaban J connectivity index is 2.03. The van der Waals surface area contributed by atoms with Gasteiger partial charge in [-0.3, -0.25) is 4.98 Å². The molecule has 1 aliphatic rings. The summed E-state index contributed by atoms with van der Waals surface area (Å²) >= 11 is 0. The number of aromatic nitrogens is 1. The van der Waals surface area contributed by atoms with Crippen LogP contribution in [0.1, 0.15) is 25.5 Å². The van der Waals surface area contributed by atoms with Gasteiger partial charge in [0.25, 0.3) is 0 Å². The number of nitrogens with zero attached hydrogens (tertiary/aromatic N) is 3. The van der Waals surface area contributed by atoms with Gasteiger partial charge in [0.15, 0.2) is 6.29 Å². The molecule has 1 aromatic rings. The van der Waals surface area contributed by atoms with E-state index in [0.717, 1.165) is 44.7 Å². The van der Waals surface area contributed by atoms with Gasteiger partial charge in [-0.15, -0.1) is 0 Å². The van der Waals surface area contributed by atoms with Crippen LogP contribution in [-0.2, 0) is 11.3 Å². The second kappa shape index (κ2) is 11.9. The van der Waals surface area contributed by atoms with Crippen LogP contribution in [0.15, 0.2) is 48.2 Å². The number of likely N-dealkylation sites (tertiary alicyclic amines) is 1. The van der Waals surface area contributed by atoms with Crippen molar-refractivity contribution in [2.75, 3.05) is 33.7 Å². The maximum atomic E-state index is 9.77. The van der Waals surface area contributed by atoms with E-state index in [1.807, 2.05) is 24.4 Å². The molecular weight excluding hydrogens is 352 g/mol. The molecule has 0 spiro atoms. The molecule has 2 rings (SSSR count). The molecule has 1 saturated heterocycles. The third-order valence-electron chi connectivity index (χ3n) is 4.79. The fraction of sp³-hybridized carbons (Fsp3) is 0.545. The van der Waals surface area contributed by atoms with Gasteiger partial charge in [0.05, 0.1) is 11.8 Å². The first-order chi connectivity index (χ1) is 13.5. The highest BCUT2D eigenvalue weighted by Gasteiger charge is 2.25. The molecule has 3 unspecified atom stereocenters. The van der Waals surface area contributed by atoms with Crippen molar-refractivity contribution in [3.8, 4) is 0 Å². The van der Waals surface area contributed by atoms with E-state index in [4.69, 9.17) is 10.1 Å². The second-order valence-electron chi connectivity index (χ2n) is 7.75. The van der Waals surface area contributed by atoms with E-state index in [0.29, 0.717) is 5.92 Å². The molecule has 3 atom stereocenters. The van der Waals surface area contributed by atoms with E-state index >= 15 is 0 Å². The van der Waals surface area contributed by atoms with Gasteiger partial charge in [-0.25, -0.2) is 0 Å². The lowest BCUT2D eigenvalue weighted by molar-refractivity contribution is -0.131. The molecule has 28 heavy (non-hydrogen) atoms. The zero-order valence-corrected chi connectivity index (χ0v) is 17.3. The highest BCUT2D eigenvalue weighted by atomic mass is 16.6. The van der Waals surface area contributed by atoms with Crippen molar-refractivity contribution in [1.29, 1.82) is 5.41 Å². The average Bonchev–Trinajstić information content (AvgIpc) is 2.60. The number of rotatable bonds is 8. The van der Waals surface area contributed by atoms with Crippen LogP contribution in [0, 0.1) is 11.3 Å². The number of likely N-dealkylation sites (N-methyl/N-ethyl adjacent to an activating group) is 1. The van der Waals surface area contributed by atoms with Crippen molar-refractivity contribution in [1.82, 2.24) is 14.8 Å². The Morgan fingerprint density at radius 3 is 2.93 bits per heavy atom. The maximum Gasteiger partial charge on any atom is 0.152 e. The lowest BCUT2D eigenvalue weighted by atomic mass is 9.92. The molecule has 6 nitrogen and oxygen atoms in total. The molecule has 0 bridgehead atoms. The van der Waals surface area contributed by atoms with Crippen LogP contribution in [-0.4, -0.2) is 72.2 Å². The monoisotopic (exact) mass is 386 g/mol. The van der Waals surface area contributed by atoms with Crippen LogP contribution in [0.4, 0.5) is 0 Å². The summed E-state index contributed by atoms with van der Waals surface area (Å²) in [6.07, 6.45) is 9.69. The van der Waals surface area contributed by atoms with E-state index in [9.17, 15) is 5.11 Å². The average molecular weight is 387 g/mol. The fourth-order valence-electron chi connectivity index (χ4n) is 3.89. The minimum atomic E-state index is -0.771. The zero-order chi connectivity index (χ0) is 20.4. The van der Waals surface area contributed by atoms with Crippen LogP contribution in [0.2, 0.25) is 0 Å². The Morgan fingerprint density at radius 1 is 1.43 bits per heavy atom. The van der Waals surface area contributed by atoms with E-state index in [1.165, 1.54) is 11.8 Å². The summed E-state index contributed by atoms with van der Waals surface area (Å²) in [5.41, 5.74) is 2.33. The van der Waals surface area contributed by atoms with Gasteiger partial charge in [0, 0.05) is 38.6 Å². The molecule has 0 aliphatic carbocycles. The largest absolute Gasteiger partial charge is 0.368 e. The highest BCUT2D eigenvalue weighted by molar-refractivity contribution is 5.68. The number of aliphatic hydroxyl groups is 1. The topological polar surface area (TPSA) is 72.7 Å². The summed E-state index contributed by atoms with van der Waals surface area (Å²) in [5, 5.41) is 16.9. The van der Waals surface area contributed by atoms with Crippen molar-refractivity contribution in [2.45, 2.75) is 38.7 Å². The van der Waals surface area contributed by atoms with Crippen molar-refractivity contribution in [3.05, 3.63) is 53.9 Å². The molecule has 1 aromatic heterocycles. The Morgan fingerprint density at radius 2 is 2.25 bits per heavy atom. The number of hydrogen-bond acceptors (Lipinski definition) is 6. The third kappa shape index (κ3) is 8.44. The molecule has 2 N–H and O–H groups in total. The molecular formula is C22H34N4O2. The van der Waals surface area contributed by atoms with Gasteiger partial charge >= 0.3 is 0 Å². The van der Waals surface area contributed by atoms with Crippen LogP contribution in [0.3, 0.4) is 0 Å². The van der Waals surface area contributed by atoms with E-state index in [1.54, 1.807) is 13.0 Å². The van der Waals surface area contributed by atoms with Crippen molar-refractivity contribution in [3.63, 3.8) is 0 Å². The van der Waals surface area contributed by atoms with Crippen LogP contribution in [0.5, 0.6) is 0 Å². The summed E-state index contributed by atoms with van der Waals surface area (Å²) in [4.78, 5) is 9.08. The highest BCUT2D eigenvalue weighted by Crippen LogP contribution is 2.24. The fourth-order valence-corrected chi connectivity index (χ4v) is 3.89. The van der Waals surface area contributed by atoms with E-state index in [-0.39, 0.29) is 6.10 Å². The molecule has 2 heterocycles. The summed E-state index contributed by atoms with van der Waals surface area (Å²) in [5.74, 6) is 0.445. The van der Waals surface area contributed by atoms with Crippen molar-refractivity contribution >= 4 is 6.21 Å². The number of nitrogens with one attached hydrogen (secondary N) is 1. The van der Waals surface area contributed by atoms with E-state index < -0.39 is 6.29 Å². The first-order valence-electron chi connectivity index (χ1n) is 9.92. The van der Waals surface area contributed by atoms with Gasteiger partial charge in [0.2, 0.25) is 0 Å². The Bertz CT molecular complexity index is 645. The smallest absolute Gasteiger partial charge is 0.152 e. The predicted octanol–water partition coefficient (Wildman–Crippen LogP) is 2.71. The summed E-state index contributed by atoms with van der Waals surface area (Å²) in [7, 11) is 4.28. The SMILES string of the molecule is CC(O)OC1C/C(=C\C=C/C=N)CN(C)CC(CN(C)Cc2ccccn2)C1. The number of pyridine rings is 1. The molecule has 0 amide bonds. The Labute approximate surface area is 169 Å². The minimum absolute atomic E-state index is 0.0124. The van der Waals surface area contributed by atoms with Gasteiger partial charge in [-0.05, 0) is 58.0 Å². The molecule has 0 aromatic carbocycles. The minimum Gasteiger partial charge on any atom is -0.368 e. The molecule has 1 fully saturated rings. The first kappa shape index (κ1) is 22.4. The molecule has 154 valence electrons. The molecule has 6 heteroatoms. The van der Waals surface area contributed by atoms with E-state index in [2.05, 4.69) is 41.0 Å². The maximum absolute atomic E-state index is 9.77. The molecule has 0 saturated carbocycles. The normalized spacial score (nSPS) is 24.4. The van der Waals surface area contributed by atoms with Crippen LogP contribution < -0.4 is 0 Å². The standard InChI is InChI=1S/C22H34N4O2/c1-18(27)28-22-12-19(8-4-6-10-23)14-25(2)15-20(13-22)16-26(3)17-21-9-5-7-11-24-21/h4-11,18,20,22-23,27H,12-17H2,1-3H3/b6-4-,19-8+,23-10?. The lowest BCUT2D eigenvalue weighted by Gasteiger charge is -2.34. The molecule has 0 radical (unpaired) electrons.